The van der Waals surface area contributed by atoms with Crippen molar-refractivity contribution < 1.29 is 4.79 Å². The number of hydrogen-bond acceptors (Lipinski definition) is 2. The van der Waals surface area contributed by atoms with E-state index in [1.807, 2.05) is 20.8 Å². The van der Waals surface area contributed by atoms with Gasteiger partial charge in [0.1, 0.15) is 5.78 Å². The van der Waals surface area contributed by atoms with Gasteiger partial charge in [0.15, 0.2) is 0 Å². The number of carbonyl (C=O) groups is 1. The number of Topliss-reactive ketones (excluding diaryl/α,β-unsaturated/α-hetero) is 1. The van der Waals surface area contributed by atoms with E-state index in [1.54, 1.807) is 6.08 Å². The number of ketones is 1. The molecule has 0 aromatic heterocycles. The van der Waals surface area contributed by atoms with Gasteiger partial charge in [0.2, 0.25) is 0 Å². The third-order valence-electron chi connectivity index (χ3n) is 1.93. The Kier molecular flexibility index (Phi) is 4.18. The summed E-state index contributed by atoms with van der Waals surface area (Å²) in [6, 6.07) is -0.0510. The summed E-state index contributed by atoms with van der Waals surface area (Å²) in [6.45, 7) is 9.63. The molecule has 0 saturated heterocycles. The van der Waals surface area contributed by atoms with Crippen LogP contribution in [-0.2, 0) is 4.79 Å². The zero-order valence-electron chi connectivity index (χ0n) is 8.26. The molecule has 0 fully saturated rings. The van der Waals surface area contributed by atoms with Crippen molar-refractivity contribution in [2.75, 3.05) is 0 Å². The maximum Gasteiger partial charge on any atom is 0.138 e. The minimum atomic E-state index is -0.0510. The highest BCUT2D eigenvalue weighted by Crippen LogP contribution is 2.20. The second-order valence-corrected chi connectivity index (χ2v) is 4.21. The molecule has 0 heterocycles. The van der Waals surface area contributed by atoms with Crippen LogP contribution in [0.3, 0.4) is 0 Å². The van der Waals surface area contributed by atoms with Crippen LogP contribution in [0.2, 0.25) is 0 Å². The van der Waals surface area contributed by atoms with E-state index >= 15 is 0 Å². The molecule has 0 rings (SSSR count). The van der Waals surface area contributed by atoms with Crippen molar-refractivity contribution in [3.8, 4) is 0 Å². The summed E-state index contributed by atoms with van der Waals surface area (Å²) in [7, 11) is 0. The van der Waals surface area contributed by atoms with Crippen LogP contribution in [0.5, 0.6) is 0 Å². The monoisotopic (exact) mass is 169 g/mol. The Bertz CT molecular complexity index is 167. The van der Waals surface area contributed by atoms with Crippen molar-refractivity contribution in [3.05, 3.63) is 12.7 Å². The van der Waals surface area contributed by atoms with E-state index in [4.69, 9.17) is 5.73 Å². The molecule has 0 spiro atoms. The van der Waals surface area contributed by atoms with Gasteiger partial charge in [-0.25, -0.2) is 0 Å². The highest BCUT2D eigenvalue weighted by molar-refractivity contribution is 5.80. The average Bonchev–Trinajstić information content (AvgIpc) is 1.85. The first-order valence-corrected chi connectivity index (χ1v) is 4.26. The van der Waals surface area contributed by atoms with Crippen molar-refractivity contribution in [2.45, 2.75) is 39.7 Å². The van der Waals surface area contributed by atoms with Crippen molar-refractivity contribution in [1.82, 2.24) is 0 Å². The number of nitrogens with two attached hydrogens (primary N) is 1. The Labute approximate surface area is 74.8 Å². The smallest absolute Gasteiger partial charge is 0.138 e. The van der Waals surface area contributed by atoms with Gasteiger partial charge in [-0.05, 0) is 5.41 Å². The second-order valence-electron chi connectivity index (χ2n) is 4.21. The van der Waals surface area contributed by atoms with Gasteiger partial charge in [-0.3, -0.25) is 4.79 Å². The fraction of sp³-hybridized carbons (Fsp3) is 0.700. The molecule has 0 saturated carbocycles. The number of carbonyl (C=O) groups excluding carboxylic acids is 1. The third-order valence-corrected chi connectivity index (χ3v) is 1.93. The van der Waals surface area contributed by atoms with Gasteiger partial charge in [-0.15, -0.1) is 6.58 Å². The van der Waals surface area contributed by atoms with Crippen LogP contribution >= 0.6 is 0 Å². The summed E-state index contributed by atoms with van der Waals surface area (Å²) < 4.78 is 0. The van der Waals surface area contributed by atoms with E-state index in [2.05, 4.69) is 6.58 Å². The summed E-state index contributed by atoms with van der Waals surface area (Å²) in [6.07, 6.45) is 2.51. The molecule has 0 aliphatic rings. The predicted octanol–water partition coefficient (Wildman–Crippen LogP) is 1.90. The molecule has 0 amide bonds. The van der Waals surface area contributed by atoms with E-state index in [0.29, 0.717) is 12.8 Å². The lowest BCUT2D eigenvalue weighted by Crippen LogP contribution is -2.36. The summed E-state index contributed by atoms with van der Waals surface area (Å²) in [5.41, 5.74) is 5.84. The standard InChI is InChI=1S/C10H19NO/c1-5-6-8(12)7-9(11)10(2,3)4/h5,9H,1,6-7,11H2,2-4H3. The fourth-order valence-electron chi connectivity index (χ4n) is 0.796. The van der Waals surface area contributed by atoms with Crippen LogP contribution < -0.4 is 5.73 Å². The summed E-state index contributed by atoms with van der Waals surface area (Å²) in [4.78, 5) is 11.1. The average molecular weight is 169 g/mol. The first-order chi connectivity index (χ1) is 5.38. The first-order valence-electron chi connectivity index (χ1n) is 4.26. The molecular formula is C10H19NO. The van der Waals surface area contributed by atoms with Gasteiger partial charge in [0.25, 0.3) is 0 Å². The van der Waals surface area contributed by atoms with Crippen LogP contribution in [0.25, 0.3) is 0 Å². The quantitative estimate of drug-likeness (QED) is 0.653. The molecule has 0 radical (unpaired) electrons. The van der Waals surface area contributed by atoms with Crippen LogP contribution in [0.1, 0.15) is 33.6 Å². The second kappa shape index (κ2) is 4.41. The Morgan fingerprint density at radius 2 is 2.08 bits per heavy atom. The topological polar surface area (TPSA) is 43.1 Å². The fourth-order valence-corrected chi connectivity index (χ4v) is 0.796. The van der Waals surface area contributed by atoms with Crippen LogP contribution in [0.15, 0.2) is 12.7 Å². The molecule has 0 aliphatic heterocycles. The summed E-state index contributed by atoms with van der Waals surface area (Å²) in [5.74, 6) is 0.174. The minimum absolute atomic E-state index is 0.0107. The molecule has 0 aromatic rings. The van der Waals surface area contributed by atoms with Crippen LogP contribution in [-0.4, -0.2) is 11.8 Å². The summed E-state index contributed by atoms with van der Waals surface area (Å²) in [5, 5.41) is 0. The Balaban J connectivity index is 3.92. The predicted molar refractivity (Wildman–Crippen MR) is 51.9 cm³/mol. The van der Waals surface area contributed by atoms with Crippen LogP contribution in [0, 0.1) is 5.41 Å². The molecule has 12 heavy (non-hydrogen) atoms. The van der Waals surface area contributed by atoms with Gasteiger partial charge in [0, 0.05) is 18.9 Å². The Morgan fingerprint density at radius 3 is 2.42 bits per heavy atom. The zero-order valence-corrected chi connectivity index (χ0v) is 8.26. The van der Waals surface area contributed by atoms with Gasteiger partial charge in [0.05, 0.1) is 0 Å². The lowest BCUT2D eigenvalue weighted by atomic mass is 9.84. The molecular weight excluding hydrogens is 150 g/mol. The summed E-state index contributed by atoms with van der Waals surface area (Å²) >= 11 is 0. The maximum absolute atomic E-state index is 11.1. The number of rotatable bonds is 4. The van der Waals surface area contributed by atoms with Crippen molar-refractivity contribution in [3.63, 3.8) is 0 Å². The molecule has 0 aromatic carbocycles. The largest absolute Gasteiger partial charge is 0.327 e. The van der Waals surface area contributed by atoms with Gasteiger partial charge >= 0.3 is 0 Å². The lowest BCUT2D eigenvalue weighted by Gasteiger charge is -2.26. The van der Waals surface area contributed by atoms with E-state index < -0.39 is 0 Å². The van der Waals surface area contributed by atoms with E-state index in [9.17, 15) is 4.79 Å². The number of hydrogen-bond donors (Lipinski definition) is 1. The van der Waals surface area contributed by atoms with Crippen molar-refractivity contribution in [2.24, 2.45) is 11.1 Å². The Morgan fingerprint density at radius 1 is 1.58 bits per heavy atom. The zero-order chi connectivity index (χ0) is 9.78. The highest BCUT2D eigenvalue weighted by Gasteiger charge is 2.22. The van der Waals surface area contributed by atoms with E-state index in [0.717, 1.165) is 0 Å². The van der Waals surface area contributed by atoms with Crippen molar-refractivity contribution >= 4 is 5.78 Å². The van der Waals surface area contributed by atoms with Gasteiger partial charge in [-0.2, -0.15) is 0 Å². The van der Waals surface area contributed by atoms with Gasteiger partial charge < -0.3 is 5.73 Å². The molecule has 2 nitrogen and oxygen atoms in total. The minimum Gasteiger partial charge on any atom is -0.327 e. The normalized spacial score (nSPS) is 14.0. The highest BCUT2D eigenvalue weighted by atomic mass is 16.1. The van der Waals surface area contributed by atoms with E-state index in [-0.39, 0.29) is 17.2 Å². The molecule has 0 bridgehead atoms. The van der Waals surface area contributed by atoms with Crippen LogP contribution in [0.4, 0.5) is 0 Å². The SMILES string of the molecule is C=CCC(=O)CC(N)C(C)(C)C. The molecule has 70 valence electrons. The molecule has 1 unspecified atom stereocenters. The first kappa shape index (κ1) is 11.4. The van der Waals surface area contributed by atoms with Gasteiger partial charge in [-0.1, -0.05) is 26.8 Å². The lowest BCUT2D eigenvalue weighted by molar-refractivity contribution is -0.119. The van der Waals surface area contributed by atoms with E-state index in [1.165, 1.54) is 0 Å². The Hall–Kier alpha value is -0.630. The maximum atomic E-state index is 11.1. The molecule has 2 N–H and O–H groups in total. The molecule has 2 heteroatoms. The van der Waals surface area contributed by atoms with Crippen molar-refractivity contribution in [1.29, 1.82) is 0 Å². The molecule has 1 atom stereocenters. The molecule has 0 aliphatic carbocycles. The number of allylic oxidation sites excluding steroid dienone is 1. The third kappa shape index (κ3) is 4.29.